The lowest BCUT2D eigenvalue weighted by atomic mass is 9.71. The maximum atomic E-state index is 12.8. The Balaban J connectivity index is 1.86. The Morgan fingerprint density at radius 2 is 2.21 bits per heavy atom. The van der Waals surface area contributed by atoms with Gasteiger partial charge in [-0.3, -0.25) is 4.79 Å². The molecule has 1 aliphatic carbocycles. The SMILES string of the molecule is N[C@H]1CCC[C@]2(CCN(c3cccc(Cl)c3)C2=O)C1. The highest BCUT2D eigenvalue weighted by Gasteiger charge is 2.48. The smallest absolute Gasteiger partial charge is 0.233 e. The molecule has 1 spiro atoms. The van der Waals surface area contributed by atoms with Crippen LogP contribution in [0, 0.1) is 5.41 Å². The minimum atomic E-state index is -0.208. The van der Waals surface area contributed by atoms with Crippen molar-refractivity contribution >= 4 is 23.2 Å². The molecule has 3 nitrogen and oxygen atoms in total. The Morgan fingerprint density at radius 1 is 1.37 bits per heavy atom. The van der Waals surface area contributed by atoms with E-state index < -0.39 is 0 Å². The van der Waals surface area contributed by atoms with Gasteiger partial charge in [0, 0.05) is 23.3 Å². The second-order valence-electron chi connectivity index (χ2n) is 5.82. The molecular formula is C15H19ClN2O. The molecule has 1 amide bonds. The number of carbonyl (C=O) groups is 1. The molecule has 0 unspecified atom stereocenters. The number of rotatable bonds is 1. The van der Waals surface area contributed by atoms with Crippen LogP contribution >= 0.6 is 11.6 Å². The molecule has 1 aromatic rings. The second-order valence-corrected chi connectivity index (χ2v) is 6.26. The van der Waals surface area contributed by atoms with E-state index in [1.807, 2.05) is 29.2 Å². The fourth-order valence-corrected chi connectivity index (χ4v) is 3.73. The first-order chi connectivity index (χ1) is 9.11. The summed E-state index contributed by atoms with van der Waals surface area (Å²) in [5.74, 6) is 0.241. The minimum Gasteiger partial charge on any atom is -0.328 e. The third kappa shape index (κ3) is 2.26. The van der Waals surface area contributed by atoms with Gasteiger partial charge in [0.1, 0.15) is 0 Å². The van der Waals surface area contributed by atoms with Gasteiger partial charge >= 0.3 is 0 Å². The number of halogens is 1. The second kappa shape index (κ2) is 4.80. The van der Waals surface area contributed by atoms with Gasteiger partial charge in [-0.05, 0) is 43.9 Å². The molecule has 0 aromatic heterocycles. The highest BCUT2D eigenvalue weighted by atomic mass is 35.5. The molecule has 2 atom stereocenters. The number of amides is 1. The van der Waals surface area contributed by atoms with Crippen LogP contribution < -0.4 is 10.6 Å². The fraction of sp³-hybridized carbons (Fsp3) is 0.533. The van der Waals surface area contributed by atoms with Crippen molar-refractivity contribution in [3.05, 3.63) is 29.3 Å². The average molecular weight is 279 g/mol. The lowest BCUT2D eigenvalue weighted by Gasteiger charge is -2.35. The van der Waals surface area contributed by atoms with E-state index in [-0.39, 0.29) is 17.4 Å². The van der Waals surface area contributed by atoms with Crippen molar-refractivity contribution in [2.75, 3.05) is 11.4 Å². The summed E-state index contributed by atoms with van der Waals surface area (Å²) in [6.45, 7) is 0.784. The van der Waals surface area contributed by atoms with E-state index >= 15 is 0 Å². The van der Waals surface area contributed by atoms with Crippen molar-refractivity contribution in [1.29, 1.82) is 0 Å². The van der Waals surface area contributed by atoms with Crippen LogP contribution in [0.4, 0.5) is 5.69 Å². The van der Waals surface area contributed by atoms with E-state index in [4.69, 9.17) is 17.3 Å². The zero-order chi connectivity index (χ0) is 13.5. The van der Waals surface area contributed by atoms with Crippen LogP contribution in [0.3, 0.4) is 0 Å². The topological polar surface area (TPSA) is 46.3 Å². The van der Waals surface area contributed by atoms with E-state index in [0.717, 1.165) is 44.3 Å². The summed E-state index contributed by atoms with van der Waals surface area (Å²) >= 11 is 6.01. The molecule has 0 radical (unpaired) electrons. The van der Waals surface area contributed by atoms with E-state index in [9.17, 15) is 4.79 Å². The van der Waals surface area contributed by atoms with Gasteiger partial charge in [-0.1, -0.05) is 24.1 Å². The molecule has 1 aromatic carbocycles. The third-order valence-electron chi connectivity index (χ3n) is 4.52. The molecule has 1 saturated heterocycles. The highest BCUT2D eigenvalue weighted by Crippen LogP contribution is 2.45. The molecule has 2 fully saturated rings. The van der Waals surface area contributed by atoms with Crippen molar-refractivity contribution in [2.24, 2.45) is 11.1 Å². The van der Waals surface area contributed by atoms with Crippen molar-refractivity contribution in [3.63, 3.8) is 0 Å². The maximum Gasteiger partial charge on any atom is 0.233 e. The van der Waals surface area contributed by atoms with Gasteiger partial charge in [0.05, 0.1) is 5.41 Å². The van der Waals surface area contributed by atoms with E-state index in [1.54, 1.807) is 0 Å². The maximum absolute atomic E-state index is 12.8. The van der Waals surface area contributed by atoms with Gasteiger partial charge in [0.15, 0.2) is 0 Å². The Kier molecular flexibility index (Phi) is 3.27. The number of hydrogen-bond donors (Lipinski definition) is 1. The summed E-state index contributed by atoms with van der Waals surface area (Å²) in [6.07, 6.45) is 4.86. The lowest BCUT2D eigenvalue weighted by Crippen LogP contribution is -2.42. The fourth-order valence-electron chi connectivity index (χ4n) is 3.54. The molecule has 4 heteroatoms. The van der Waals surface area contributed by atoms with Crippen molar-refractivity contribution in [3.8, 4) is 0 Å². The van der Waals surface area contributed by atoms with Crippen LogP contribution in [-0.4, -0.2) is 18.5 Å². The Morgan fingerprint density at radius 3 is 2.95 bits per heavy atom. The van der Waals surface area contributed by atoms with Crippen molar-refractivity contribution in [1.82, 2.24) is 0 Å². The Hall–Kier alpha value is -1.06. The summed E-state index contributed by atoms with van der Waals surface area (Å²) in [4.78, 5) is 14.6. The number of carbonyl (C=O) groups excluding carboxylic acids is 1. The predicted molar refractivity (Wildman–Crippen MR) is 77.3 cm³/mol. The zero-order valence-electron chi connectivity index (χ0n) is 10.9. The number of nitrogens with zero attached hydrogens (tertiary/aromatic N) is 1. The molecule has 102 valence electrons. The number of nitrogens with two attached hydrogens (primary N) is 1. The molecule has 2 N–H and O–H groups in total. The van der Waals surface area contributed by atoms with Gasteiger partial charge in [-0.25, -0.2) is 0 Å². The van der Waals surface area contributed by atoms with E-state index in [1.165, 1.54) is 0 Å². The summed E-state index contributed by atoms with van der Waals surface area (Å²) in [6, 6.07) is 7.71. The minimum absolute atomic E-state index is 0.178. The van der Waals surface area contributed by atoms with Crippen LogP contribution in [0.1, 0.15) is 32.1 Å². The highest BCUT2D eigenvalue weighted by molar-refractivity contribution is 6.31. The van der Waals surface area contributed by atoms with Crippen LogP contribution in [0.25, 0.3) is 0 Å². The predicted octanol–water partition coefficient (Wildman–Crippen LogP) is 2.96. The van der Waals surface area contributed by atoms with Crippen molar-refractivity contribution < 1.29 is 4.79 Å². The molecule has 1 heterocycles. The zero-order valence-corrected chi connectivity index (χ0v) is 11.7. The summed E-state index contributed by atoms with van der Waals surface area (Å²) in [5, 5.41) is 0.673. The monoisotopic (exact) mass is 278 g/mol. The third-order valence-corrected chi connectivity index (χ3v) is 4.75. The molecule has 1 saturated carbocycles. The first-order valence-corrected chi connectivity index (χ1v) is 7.32. The molecule has 19 heavy (non-hydrogen) atoms. The van der Waals surface area contributed by atoms with Crippen molar-refractivity contribution in [2.45, 2.75) is 38.1 Å². The van der Waals surface area contributed by atoms with Crippen LogP contribution in [0.5, 0.6) is 0 Å². The van der Waals surface area contributed by atoms with Crippen LogP contribution in [-0.2, 0) is 4.79 Å². The Bertz CT molecular complexity index is 505. The molecular weight excluding hydrogens is 260 g/mol. The largest absolute Gasteiger partial charge is 0.328 e. The normalized spacial score (nSPS) is 31.2. The Labute approximate surface area is 118 Å². The average Bonchev–Trinajstić information content (AvgIpc) is 2.67. The van der Waals surface area contributed by atoms with Gasteiger partial charge in [-0.2, -0.15) is 0 Å². The van der Waals surface area contributed by atoms with Gasteiger partial charge in [-0.15, -0.1) is 0 Å². The van der Waals surface area contributed by atoms with Gasteiger partial charge in [0.25, 0.3) is 0 Å². The summed E-state index contributed by atoms with van der Waals surface area (Å²) in [7, 11) is 0. The van der Waals surface area contributed by atoms with Crippen LogP contribution in [0.15, 0.2) is 24.3 Å². The first-order valence-electron chi connectivity index (χ1n) is 6.94. The van der Waals surface area contributed by atoms with Gasteiger partial charge < -0.3 is 10.6 Å². The van der Waals surface area contributed by atoms with E-state index in [2.05, 4.69) is 0 Å². The molecule has 2 aliphatic rings. The molecule has 1 aliphatic heterocycles. The molecule has 3 rings (SSSR count). The lowest BCUT2D eigenvalue weighted by molar-refractivity contribution is -0.127. The standard InChI is InChI=1S/C15H19ClN2O/c16-11-3-1-5-13(9-11)18-8-7-15(14(18)19)6-2-4-12(17)10-15/h1,3,5,9,12H,2,4,6-8,10,17H2/t12-,15-/m0/s1. The first kappa shape index (κ1) is 12.9. The molecule has 0 bridgehead atoms. The number of anilines is 1. The number of hydrogen-bond acceptors (Lipinski definition) is 2. The quantitative estimate of drug-likeness (QED) is 0.858. The number of benzene rings is 1. The van der Waals surface area contributed by atoms with Gasteiger partial charge in [0.2, 0.25) is 5.91 Å². The summed E-state index contributed by atoms with van der Waals surface area (Å²) < 4.78 is 0. The summed E-state index contributed by atoms with van der Waals surface area (Å²) in [5.41, 5.74) is 6.77. The van der Waals surface area contributed by atoms with E-state index in [0.29, 0.717) is 5.02 Å². The van der Waals surface area contributed by atoms with Crippen LogP contribution in [0.2, 0.25) is 5.02 Å².